The third kappa shape index (κ3) is 6.91. The Labute approximate surface area is 198 Å². The molecule has 12 N–H and O–H groups in total. The molecule has 2 rings (SSSR count). The fraction of sp³-hybridized carbons (Fsp3) is 0.611. The molecular formula is C18H35N9O4S2. The lowest BCUT2D eigenvalue weighted by molar-refractivity contribution is 0.0813. The van der Waals surface area contributed by atoms with E-state index in [-0.39, 0.29) is 46.4 Å². The number of nitrogens with one attached hydrogen (secondary N) is 2. The predicted molar refractivity (Wildman–Crippen MR) is 130 cm³/mol. The molecule has 1 unspecified atom stereocenters. The lowest BCUT2D eigenvalue weighted by Crippen LogP contribution is -2.60. The number of hydrazone groups is 1. The van der Waals surface area contributed by atoms with Gasteiger partial charge in [0.05, 0.1) is 18.3 Å². The molecule has 15 heteroatoms. The maximum atomic E-state index is 12.7. The molecule has 1 aromatic rings. The second-order valence-electron chi connectivity index (χ2n) is 8.24. The van der Waals surface area contributed by atoms with Gasteiger partial charge in [0, 0.05) is 55.4 Å². The van der Waals surface area contributed by atoms with Crippen LogP contribution < -0.4 is 37.6 Å². The molecule has 1 atom stereocenters. The van der Waals surface area contributed by atoms with Crippen LogP contribution in [0.5, 0.6) is 0 Å². The Bertz CT molecular complexity index is 943. The van der Waals surface area contributed by atoms with E-state index in [9.17, 15) is 18.6 Å². The molecule has 0 spiro atoms. The van der Waals surface area contributed by atoms with Crippen molar-refractivity contribution in [3.05, 3.63) is 17.7 Å². The number of amidine groups is 1. The first kappa shape index (κ1) is 27.6. The van der Waals surface area contributed by atoms with Crippen molar-refractivity contribution in [3.8, 4) is 0 Å². The van der Waals surface area contributed by atoms with E-state index in [4.69, 9.17) is 22.4 Å². The first-order chi connectivity index (χ1) is 15.5. The van der Waals surface area contributed by atoms with Gasteiger partial charge in [0.2, 0.25) is 10.0 Å². The summed E-state index contributed by atoms with van der Waals surface area (Å²) in [6.45, 7) is 6.63. The SMILES string of the molecule is CC1(C)CN(c2ccc(SNCC(O)CN)c(S(N)(=O)=O)c2/C(N)=N/NN)CCN1CCO. The second kappa shape index (κ2) is 11.6. The van der Waals surface area contributed by atoms with E-state index in [0.717, 1.165) is 11.9 Å². The van der Waals surface area contributed by atoms with Gasteiger partial charge in [0.25, 0.3) is 0 Å². The van der Waals surface area contributed by atoms with Gasteiger partial charge in [-0.15, -0.1) is 5.10 Å². The summed E-state index contributed by atoms with van der Waals surface area (Å²) in [6, 6.07) is 3.38. The molecule has 33 heavy (non-hydrogen) atoms. The maximum absolute atomic E-state index is 12.7. The summed E-state index contributed by atoms with van der Waals surface area (Å²) in [5.41, 5.74) is 14.0. The molecule has 0 amide bonds. The number of piperazine rings is 1. The van der Waals surface area contributed by atoms with E-state index in [2.05, 4.69) is 20.3 Å². The van der Waals surface area contributed by atoms with Crippen molar-refractivity contribution in [2.24, 2.45) is 27.6 Å². The Kier molecular flexibility index (Phi) is 9.71. The quantitative estimate of drug-likeness (QED) is 0.0503. The van der Waals surface area contributed by atoms with Crippen LogP contribution in [0.15, 0.2) is 27.0 Å². The first-order valence-electron chi connectivity index (χ1n) is 10.3. The highest BCUT2D eigenvalue weighted by molar-refractivity contribution is 7.98. The predicted octanol–water partition coefficient (Wildman–Crippen LogP) is -2.77. The van der Waals surface area contributed by atoms with Crippen LogP contribution in [-0.4, -0.2) is 86.9 Å². The van der Waals surface area contributed by atoms with Crippen LogP contribution in [0.1, 0.15) is 19.4 Å². The minimum Gasteiger partial charge on any atom is -0.395 e. The Morgan fingerprint density at radius 3 is 2.61 bits per heavy atom. The number of nitrogens with zero attached hydrogens (tertiary/aromatic N) is 3. The normalized spacial score (nSPS) is 18.4. The number of benzene rings is 1. The van der Waals surface area contributed by atoms with E-state index < -0.39 is 16.1 Å². The molecule has 1 saturated heterocycles. The standard InChI is InChI=1S/C18H35N9O4S2/c1-18(2)11-26(5-6-27(18)7-8-28)13-3-4-14(32-23-10-12(29)9-19)16(33(22,30)31)15(13)17(20)24-25-21/h3-4,12,23,25,28-29H,5-11,19,21H2,1-2H3,(H2,20,24)(H2,22,30,31). The Hall–Kier alpha value is -1.69. The molecule has 1 aliphatic rings. The molecule has 1 fully saturated rings. The molecule has 0 aliphatic carbocycles. The molecule has 13 nitrogen and oxygen atoms in total. The van der Waals surface area contributed by atoms with Crippen molar-refractivity contribution >= 4 is 33.5 Å². The zero-order valence-electron chi connectivity index (χ0n) is 18.9. The van der Waals surface area contributed by atoms with Crippen LogP contribution in [0, 0.1) is 0 Å². The summed E-state index contributed by atoms with van der Waals surface area (Å²) < 4.78 is 28.3. The highest BCUT2D eigenvalue weighted by Gasteiger charge is 2.36. The highest BCUT2D eigenvalue weighted by atomic mass is 32.2. The van der Waals surface area contributed by atoms with E-state index in [1.54, 1.807) is 12.1 Å². The number of sulfonamides is 1. The molecule has 0 bridgehead atoms. The van der Waals surface area contributed by atoms with E-state index in [0.29, 0.717) is 31.9 Å². The van der Waals surface area contributed by atoms with Gasteiger partial charge in [-0.3, -0.25) is 9.62 Å². The van der Waals surface area contributed by atoms with E-state index >= 15 is 0 Å². The van der Waals surface area contributed by atoms with Gasteiger partial charge < -0.3 is 26.6 Å². The smallest absolute Gasteiger partial charge is 0.240 e. The van der Waals surface area contributed by atoms with Gasteiger partial charge >= 0.3 is 0 Å². The fourth-order valence-electron chi connectivity index (χ4n) is 3.78. The molecule has 0 aromatic heterocycles. The number of hydrazine groups is 1. The minimum atomic E-state index is -4.24. The molecule has 0 saturated carbocycles. The van der Waals surface area contributed by atoms with Crippen LogP contribution >= 0.6 is 11.9 Å². The Balaban J connectivity index is 2.57. The molecular weight excluding hydrogens is 470 g/mol. The van der Waals surface area contributed by atoms with Crippen LogP contribution in [0.2, 0.25) is 0 Å². The highest BCUT2D eigenvalue weighted by Crippen LogP contribution is 2.36. The maximum Gasteiger partial charge on any atom is 0.240 e. The summed E-state index contributed by atoms with van der Waals surface area (Å²) in [7, 11) is -4.24. The van der Waals surface area contributed by atoms with Gasteiger partial charge in [0.1, 0.15) is 4.90 Å². The van der Waals surface area contributed by atoms with Crippen molar-refractivity contribution in [3.63, 3.8) is 0 Å². The van der Waals surface area contributed by atoms with Crippen LogP contribution in [0.4, 0.5) is 5.69 Å². The topological polar surface area (TPSA) is 222 Å². The summed E-state index contributed by atoms with van der Waals surface area (Å²) in [5.74, 6) is 5.17. The first-order valence-corrected chi connectivity index (χ1v) is 12.7. The number of β-amino-alcohol motifs (C(OH)–C–C–N with tert-alkyl or cyclic N) is 1. The number of hydrogen-bond acceptors (Lipinski definition) is 12. The number of aliphatic hydroxyl groups is 2. The Morgan fingerprint density at radius 2 is 2.06 bits per heavy atom. The summed E-state index contributed by atoms with van der Waals surface area (Å²) in [5, 5.41) is 28.5. The van der Waals surface area contributed by atoms with Gasteiger partial charge in [-0.1, -0.05) is 0 Å². The minimum absolute atomic E-state index is 0.0454. The number of aliphatic hydroxyl groups excluding tert-OH is 2. The van der Waals surface area contributed by atoms with Crippen LogP contribution in [0.25, 0.3) is 0 Å². The number of nitrogens with two attached hydrogens (primary N) is 4. The van der Waals surface area contributed by atoms with Crippen LogP contribution in [0.3, 0.4) is 0 Å². The van der Waals surface area contributed by atoms with Crippen molar-refractivity contribution in [1.29, 1.82) is 0 Å². The number of primary sulfonamides is 1. The Morgan fingerprint density at radius 1 is 1.36 bits per heavy atom. The zero-order valence-corrected chi connectivity index (χ0v) is 20.5. The average molecular weight is 506 g/mol. The van der Waals surface area contributed by atoms with Gasteiger partial charge in [-0.05, 0) is 37.9 Å². The molecule has 1 aromatic carbocycles. The average Bonchev–Trinajstić information content (AvgIpc) is 2.73. The summed E-state index contributed by atoms with van der Waals surface area (Å²) >= 11 is 0.988. The zero-order chi connectivity index (χ0) is 24.8. The van der Waals surface area contributed by atoms with Gasteiger partial charge in [-0.2, -0.15) is 0 Å². The van der Waals surface area contributed by atoms with Crippen molar-refractivity contribution in [1.82, 2.24) is 15.2 Å². The van der Waals surface area contributed by atoms with E-state index in [1.165, 1.54) is 0 Å². The lowest BCUT2D eigenvalue weighted by atomic mass is 9.97. The molecule has 1 aliphatic heterocycles. The third-order valence-electron chi connectivity index (χ3n) is 5.38. The van der Waals surface area contributed by atoms with Crippen molar-refractivity contribution < 1.29 is 18.6 Å². The summed E-state index contributed by atoms with van der Waals surface area (Å²) in [4.78, 5) is 4.26. The van der Waals surface area contributed by atoms with Crippen molar-refractivity contribution in [2.45, 2.75) is 35.3 Å². The lowest BCUT2D eigenvalue weighted by Gasteiger charge is -2.48. The molecule has 0 radical (unpaired) electrons. The number of anilines is 1. The van der Waals surface area contributed by atoms with Crippen LogP contribution in [-0.2, 0) is 10.0 Å². The number of hydrogen-bond donors (Lipinski definition) is 8. The monoisotopic (exact) mass is 505 g/mol. The third-order valence-corrected chi connectivity index (χ3v) is 7.38. The van der Waals surface area contributed by atoms with Gasteiger partial charge in [0.15, 0.2) is 5.84 Å². The fourth-order valence-corrected chi connectivity index (χ4v) is 5.86. The second-order valence-corrected chi connectivity index (χ2v) is 10.7. The number of rotatable bonds is 11. The van der Waals surface area contributed by atoms with Crippen molar-refractivity contribution in [2.75, 3.05) is 50.8 Å². The molecule has 188 valence electrons. The largest absolute Gasteiger partial charge is 0.395 e. The van der Waals surface area contributed by atoms with E-state index in [1.807, 2.05) is 18.7 Å². The van der Waals surface area contributed by atoms with Gasteiger partial charge in [-0.25, -0.2) is 24.9 Å². The summed E-state index contributed by atoms with van der Waals surface area (Å²) in [6.07, 6.45) is -0.792. The molecule has 1 heterocycles.